The first-order chi connectivity index (χ1) is 12.0. The minimum Gasteiger partial charge on any atom is -0.492 e. The third-order valence-electron chi connectivity index (χ3n) is 3.93. The van der Waals surface area contributed by atoms with Crippen LogP contribution in [0.15, 0.2) is 54.9 Å². The van der Waals surface area contributed by atoms with Crippen LogP contribution in [0.4, 0.5) is 0 Å². The zero-order chi connectivity index (χ0) is 17.8. The van der Waals surface area contributed by atoms with E-state index in [2.05, 4.69) is 0 Å². The molecule has 0 aliphatic rings. The summed E-state index contributed by atoms with van der Waals surface area (Å²) in [6.07, 6.45) is 4.38. The first-order valence-corrected chi connectivity index (χ1v) is 8.21. The molecule has 0 atom stereocenters. The second kappa shape index (κ2) is 7.40. The van der Waals surface area contributed by atoms with Crippen LogP contribution in [0.5, 0.6) is 5.75 Å². The standard InChI is InChI=1S/C19H17ClN2O3/c1-14-12-16(6-7-18(14)20)25-11-10-21-13-15(8-9-22(23)24)17-4-2-3-5-19(17)21/h2-9,12-13H,10-11H2,1H3/b9-8+. The summed E-state index contributed by atoms with van der Waals surface area (Å²) in [5.74, 6) is 0.770. The maximum atomic E-state index is 10.6. The molecule has 1 aromatic heterocycles. The first kappa shape index (κ1) is 17.0. The summed E-state index contributed by atoms with van der Waals surface area (Å²) in [4.78, 5) is 10.1. The molecular weight excluding hydrogens is 340 g/mol. The molecule has 6 heteroatoms. The van der Waals surface area contributed by atoms with Gasteiger partial charge in [-0.05, 0) is 36.8 Å². The number of aryl methyl sites for hydroxylation is 1. The number of fused-ring (bicyclic) bond motifs is 1. The molecule has 0 saturated heterocycles. The Morgan fingerprint density at radius 2 is 2.08 bits per heavy atom. The van der Waals surface area contributed by atoms with Gasteiger partial charge in [-0.3, -0.25) is 10.1 Å². The molecule has 2 aromatic carbocycles. The largest absolute Gasteiger partial charge is 0.492 e. The number of halogens is 1. The van der Waals surface area contributed by atoms with Crippen molar-refractivity contribution in [2.45, 2.75) is 13.5 Å². The third-order valence-corrected chi connectivity index (χ3v) is 4.35. The van der Waals surface area contributed by atoms with E-state index < -0.39 is 4.92 Å². The van der Waals surface area contributed by atoms with Crippen LogP contribution < -0.4 is 4.74 Å². The molecule has 3 aromatic rings. The lowest BCUT2D eigenvalue weighted by Crippen LogP contribution is -2.07. The molecule has 128 valence electrons. The Balaban J connectivity index is 1.77. The molecule has 0 radical (unpaired) electrons. The second-order valence-corrected chi connectivity index (χ2v) is 6.06. The Hall–Kier alpha value is -2.79. The molecule has 0 bridgehead atoms. The molecule has 0 fully saturated rings. The lowest BCUT2D eigenvalue weighted by Gasteiger charge is -2.09. The highest BCUT2D eigenvalue weighted by molar-refractivity contribution is 6.31. The van der Waals surface area contributed by atoms with Crippen molar-refractivity contribution in [2.24, 2.45) is 0 Å². The van der Waals surface area contributed by atoms with Gasteiger partial charge in [-0.15, -0.1) is 0 Å². The highest BCUT2D eigenvalue weighted by Gasteiger charge is 2.07. The Kier molecular flexibility index (Phi) is 5.05. The zero-order valence-electron chi connectivity index (χ0n) is 13.7. The van der Waals surface area contributed by atoms with Gasteiger partial charge in [0.2, 0.25) is 6.20 Å². The number of aromatic nitrogens is 1. The predicted molar refractivity (Wildman–Crippen MR) is 99.7 cm³/mol. The Morgan fingerprint density at radius 3 is 2.84 bits per heavy atom. The smallest absolute Gasteiger partial charge is 0.235 e. The average molecular weight is 357 g/mol. The normalized spacial score (nSPS) is 11.3. The van der Waals surface area contributed by atoms with Crippen molar-refractivity contribution in [1.29, 1.82) is 0 Å². The number of hydrogen-bond donors (Lipinski definition) is 0. The summed E-state index contributed by atoms with van der Waals surface area (Å²) >= 11 is 6.02. The van der Waals surface area contributed by atoms with E-state index in [9.17, 15) is 10.1 Å². The van der Waals surface area contributed by atoms with Crippen molar-refractivity contribution in [3.63, 3.8) is 0 Å². The van der Waals surface area contributed by atoms with Crippen LogP contribution in [0, 0.1) is 17.0 Å². The highest BCUT2D eigenvalue weighted by Crippen LogP contribution is 2.23. The molecule has 3 rings (SSSR count). The summed E-state index contributed by atoms with van der Waals surface area (Å²) in [7, 11) is 0. The lowest BCUT2D eigenvalue weighted by molar-refractivity contribution is -0.400. The topological polar surface area (TPSA) is 57.3 Å². The Morgan fingerprint density at radius 1 is 1.28 bits per heavy atom. The van der Waals surface area contributed by atoms with E-state index in [1.165, 1.54) is 6.08 Å². The molecular formula is C19H17ClN2O3. The first-order valence-electron chi connectivity index (χ1n) is 7.83. The SMILES string of the molecule is Cc1cc(OCCn2cc(/C=C/[N+](=O)[O-])c3ccccc32)ccc1Cl. The fraction of sp³-hybridized carbons (Fsp3) is 0.158. The van der Waals surface area contributed by atoms with E-state index in [0.29, 0.717) is 18.2 Å². The van der Waals surface area contributed by atoms with Crippen LogP contribution in [0.25, 0.3) is 17.0 Å². The van der Waals surface area contributed by atoms with Gasteiger partial charge in [0.15, 0.2) is 0 Å². The van der Waals surface area contributed by atoms with Crippen molar-refractivity contribution < 1.29 is 9.66 Å². The van der Waals surface area contributed by atoms with Crippen molar-refractivity contribution in [2.75, 3.05) is 6.61 Å². The van der Waals surface area contributed by atoms with Gasteiger partial charge in [0.1, 0.15) is 12.4 Å². The number of nitro groups is 1. The zero-order valence-corrected chi connectivity index (χ0v) is 14.4. The average Bonchev–Trinajstić information content (AvgIpc) is 2.94. The van der Waals surface area contributed by atoms with Crippen LogP contribution in [0.3, 0.4) is 0 Å². The fourth-order valence-corrected chi connectivity index (χ4v) is 2.82. The number of ether oxygens (including phenoxy) is 1. The van der Waals surface area contributed by atoms with Gasteiger partial charge in [0, 0.05) is 33.8 Å². The number of para-hydroxylation sites is 1. The van der Waals surface area contributed by atoms with Crippen LogP contribution >= 0.6 is 11.6 Å². The quantitative estimate of drug-likeness (QED) is 0.465. The Labute approximate surface area is 150 Å². The highest BCUT2D eigenvalue weighted by atomic mass is 35.5. The molecule has 5 nitrogen and oxygen atoms in total. The monoisotopic (exact) mass is 356 g/mol. The lowest BCUT2D eigenvalue weighted by atomic mass is 10.2. The summed E-state index contributed by atoms with van der Waals surface area (Å²) in [5, 5.41) is 12.3. The summed E-state index contributed by atoms with van der Waals surface area (Å²) in [6.45, 7) is 3.05. The molecule has 0 saturated carbocycles. The van der Waals surface area contributed by atoms with Gasteiger partial charge >= 0.3 is 0 Å². The van der Waals surface area contributed by atoms with Gasteiger partial charge in [-0.25, -0.2) is 0 Å². The van der Waals surface area contributed by atoms with E-state index in [-0.39, 0.29) is 0 Å². The van der Waals surface area contributed by atoms with Crippen LogP contribution in [0.2, 0.25) is 5.02 Å². The van der Waals surface area contributed by atoms with Crippen LogP contribution in [0.1, 0.15) is 11.1 Å². The fourth-order valence-electron chi connectivity index (χ4n) is 2.70. The van der Waals surface area contributed by atoms with Gasteiger partial charge < -0.3 is 9.30 Å². The maximum Gasteiger partial charge on any atom is 0.235 e. The van der Waals surface area contributed by atoms with Crippen molar-refractivity contribution in [1.82, 2.24) is 4.57 Å². The second-order valence-electron chi connectivity index (χ2n) is 5.66. The number of benzene rings is 2. The third kappa shape index (κ3) is 4.00. The van der Waals surface area contributed by atoms with E-state index >= 15 is 0 Å². The minimum atomic E-state index is -0.460. The van der Waals surface area contributed by atoms with E-state index in [0.717, 1.165) is 34.0 Å². The van der Waals surface area contributed by atoms with E-state index in [4.69, 9.17) is 16.3 Å². The molecule has 0 aliphatic carbocycles. The van der Waals surface area contributed by atoms with Gasteiger partial charge in [-0.1, -0.05) is 29.8 Å². The van der Waals surface area contributed by atoms with Gasteiger partial charge in [-0.2, -0.15) is 0 Å². The number of nitrogens with zero attached hydrogens (tertiary/aromatic N) is 2. The van der Waals surface area contributed by atoms with Gasteiger partial charge in [0.05, 0.1) is 11.5 Å². The maximum absolute atomic E-state index is 10.6. The molecule has 0 unspecified atom stereocenters. The summed E-state index contributed by atoms with van der Waals surface area (Å²) < 4.78 is 7.84. The van der Waals surface area contributed by atoms with Crippen molar-refractivity contribution >= 4 is 28.6 Å². The molecule has 0 aliphatic heterocycles. The van der Waals surface area contributed by atoms with Crippen molar-refractivity contribution in [3.05, 3.63) is 81.1 Å². The van der Waals surface area contributed by atoms with E-state index in [1.807, 2.05) is 60.2 Å². The molecule has 25 heavy (non-hydrogen) atoms. The molecule has 1 heterocycles. The van der Waals surface area contributed by atoms with Crippen molar-refractivity contribution in [3.8, 4) is 5.75 Å². The molecule has 0 N–H and O–H groups in total. The van der Waals surface area contributed by atoms with E-state index in [1.54, 1.807) is 0 Å². The molecule has 0 spiro atoms. The van der Waals surface area contributed by atoms with Crippen LogP contribution in [-0.2, 0) is 6.54 Å². The predicted octanol–water partition coefficient (Wildman–Crippen LogP) is 4.93. The minimum absolute atomic E-state index is 0.460. The van der Waals surface area contributed by atoms with Gasteiger partial charge in [0.25, 0.3) is 0 Å². The number of rotatable bonds is 6. The Bertz CT molecular complexity index is 947. The number of hydrogen-bond acceptors (Lipinski definition) is 3. The molecule has 0 amide bonds. The van der Waals surface area contributed by atoms with Crippen LogP contribution in [-0.4, -0.2) is 16.1 Å². The summed E-state index contributed by atoms with van der Waals surface area (Å²) in [5.41, 5.74) is 2.80. The summed E-state index contributed by atoms with van der Waals surface area (Å²) in [6, 6.07) is 13.4.